The summed E-state index contributed by atoms with van der Waals surface area (Å²) < 4.78 is 68.9. The largest absolute Gasteiger partial charge is 0.435 e. The molecular weight excluding hydrogens is 493 g/mol. The van der Waals surface area contributed by atoms with Crippen molar-refractivity contribution in [3.05, 3.63) is 84.3 Å². The summed E-state index contributed by atoms with van der Waals surface area (Å²) in [6, 6.07) is 16.7. The van der Waals surface area contributed by atoms with Crippen molar-refractivity contribution in [1.82, 2.24) is 9.88 Å². The Morgan fingerprint density at radius 1 is 1.06 bits per heavy atom. The van der Waals surface area contributed by atoms with Crippen LogP contribution in [0.3, 0.4) is 0 Å². The molecule has 5 rings (SSSR count). The van der Waals surface area contributed by atoms with Gasteiger partial charge in [0, 0.05) is 34.4 Å². The number of hydrogen-bond donors (Lipinski definition) is 1. The topological polar surface area (TPSA) is 77.4 Å². The van der Waals surface area contributed by atoms with E-state index in [0.29, 0.717) is 34.3 Å². The van der Waals surface area contributed by atoms with Gasteiger partial charge in [-0.15, -0.1) is 0 Å². The van der Waals surface area contributed by atoms with E-state index in [1.807, 2.05) is 0 Å². The van der Waals surface area contributed by atoms with E-state index in [2.05, 4.69) is 10.1 Å². The molecular formula is C26H21F3N2O4S. The molecule has 10 heteroatoms. The number of nitrogens with zero attached hydrogens (tertiary/aromatic N) is 1. The van der Waals surface area contributed by atoms with Crippen LogP contribution in [0.2, 0.25) is 0 Å². The number of benzene rings is 3. The number of alkyl halides is 2. The number of rotatable bonds is 6. The molecule has 0 radical (unpaired) electrons. The van der Waals surface area contributed by atoms with E-state index in [0.717, 1.165) is 5.39 Å². The molecule has 3 aromatic carbocycles. The molecule has 0 spiro atoms. The fraction of sp³-hybridized carbons (Fsp3) is 0.192. The van der Waals surface area contributed by atoms with Gasteiger partial charge in [-0.25, -0.2) is 12.8 Å². The molecule has 1 N–H and O–H groups in total. The van der Waals surface area contributed by atoms with E-state index in [1.165, 1.54) is 24.3 Å². The van der Waals surface area contributed by atoms with Gasteiger partial charge in [0.25, 0.3) is 5.91 Å². The molecule has 1 aromatic heterocycles. The second kappa shape index (κ2) is 9.34. The summed E-state index contributed by atoms with van der Waals surface area (Å²) in [7, 11) is -3.15. The Balaban J connectivity index is 1.58. The third-order valence-corrected chi connectivity index (χ3v) is 7.88. The van der Waals surface area contributed by atoms with Crippen LogP contribution in [0.4, 0.5) is 13.2 Å². The van der Waals surface area contributed by atoms with Crippen LogP contribution in [-0.4, -0.2) is 43.1 Å². The van der Waals surface area contributed by atoms with E-state index in [-0.39, 0.29) is 17.3 Å². The van der Waals surface area contributed by atoms with Crippen LogP contribution in [0.5, 0.6) is 5.75 Å². The molecule has 1 atom stereocenters. The van der Waals surface area contributed by atoms with Crippen LogP contribution in [-0.2, 0) is 9.84 Å². The molecule has 1 aliphatic heterocycles. The van der Waals surface area contributed by atoms with Crippen LogP contribution >= 0.6 is 0 Å². The summed E-state index contributed by atoms with van der Waals surface area (Å²) in [5.74, 6) is -0.845. The van der Waals surface area contributed by atoms with Gasteiger partial charge in [-0.3, -0.25) is 4.79 Å². The molecule has 1 amide bonds. The van der Waals surface area contributed by atoms with Crippen LogP contribution in [0, 0.1) is 5.82 Å². The zero-order chi connectivity index (χ0) is 25.4. The van der Waals surface area contributed by atoms with E-state index >= 15 is 0 Å². The quantitative estimate of drug-likeness (QED) is 0.395. The highest BCUT2D eigenvalue weighted by Crippen LogP contribution is 2.35. The minimum Gasteiger partial charge on any atom is -0.435 e. The van der Waals surface area contributed by atoms with Crippen LogP contribution in [0.25, 0.3) is 27.7 Å². The first kappa shape index (κ1) is 23.9. The van der Waals surface area contributed by atoms with Gasteiger partial charge < -0.3 is 14.6 Å². The SMILES string of the molecule is O=C(NC1CCS(=O)(=O)C1)c1ccc2c(-c3cccc(OC(F)F)c3)cn(-c3ccc(F)cc3)c2c1. The number of hydrogen-bond acceptors (Lipinski definition) is 4. The van der Waals surface area contributed by atoms with Crippen molar-refractivity contribution in [2.45, 2.75) is 19.1 Å². The fourth-order valence-electron chi connectivity index (χ4n) is 4.43. The lowest BCUT2D eigenvalue weighted by Crippen LogP contribution is -2.35. The molecule has 1 saturated heterocycles. The fourth-order valence-corrected chi connectivity index (χ4v) is 6.10. The summed E-state index contributed by atoms with van der Waals surface area (Å²) in [4.78, 5) is 12.9. The predicted molar refractivity (Wildman–Crippen MR) is 130 cm³/mol. The molecule has 36 heavy (non-hydrogen) atoms. The van der Waals surface area contributed by atoms with Crippen LogP contribution < -0.4 is 10.1 Å². The van der Waals surface area contributed by atoms with Crippen molar-refractivity contribution in [3.8, 4) is 22.6 Å². The number of halogens is 3. The Labute approximate surface area is 205 Å². The van der Waals surface area contributed by atoms with Gasteiger partial charge in [-0.2, -0.15) is 8.78 Å². The van der Waals surface area contributed by atoms with Crippen molar-refractivity contribution >= 4 is 26.6 Å². The maximum absolute atomic E-state index is 13.6. The minimum atomic E-state index is -3.15. The highest BCUT2D eigenvalue weighted by atomic mass is 32.2. The Bertz CT molecular complexity index is 1550. The number of ether oxygens (including phenoxy) is 1. The number of fused-ring (bicyclic) bond motifs is 1. The highest BCUT2D eigenvalue weighted by molar-refractivity contribution is 7.91. The second-order valence-electron chi connectivity index (χ2n) is 8.60. The van der Waals surface area contributed by atoms with E-state index in [1.54, 1.807) is 53.2 Å². The lowest BCUT2D eigenvalue weighted by atomic mass is 10.0. The Morgan fingerprint density at radius 3 is 2.53 bits per heavy atom. The van der Waals surface area contributed by atoms with E-state index in [4.69, 9.17) is 0 Å². The normalized spacial score (nSPS) is 16.9. The van der Waals surface area contributed by atoms with Gasteiger partial charge in [-0.05, 0) is 60.5 Å². The first-order chi connectivity index (χ1) is 17.2. The average Bonchev–Trinajstić information content (AvgIpc) is 3.38. The first-order valence-electron chi connectivity index (χ1n) is 11.2. The lowest BCUT2D eigenvalue weighted by molar-refractivity contribution is -0.0498. The van der Waals surface area contributed by atoms with Gasteiger partial charge in [0.2, 0.25) is 0 Å². The number of carbonyl (C=O) groups is 1. The van der Waals surface area contributed by atoms with Gasteiger partial charge in [0.15, 0.2) is 9.84 Å². The Morgan fingerprint density at radius 2 is 1.83 bits per heavy atom. The van der Waals surface area contributed by atoms with Gasteiger partial charge in [0.1, 0.15) is 11.6 Å². The van der Waals surface area contributed by atoms with Gasteiger partial charge >= 0.3 is 6.61 Å². The molecule has 0 aliphatic carbocycles. The maximum Gasteiger partial charge on any atom is 0.387 e. The molecule has 4 aromatic rings. The molecule has 186 valence electrons. The highest BCUT2D eigenvalue weighted by Gasteiger charge is 2.29. The summed E-state index contributed by atoms with van der Waals surface area (Å²) in [5.41, 5.74) is 2.90. The summed E-state index contributed by atoms with van der Waals surface area (Å²) in [6.07, 6.45) is 2.15. The Kier molecular flexibility index (Phi) is 6.21. The van der Waals surface area contributed by atoms with Gasteiger partial charge in [-0.1, -0.05) is 18.2 Å². The number of aromatic nitrogens is 1. The molecule has 1 unspecified atom stereocenters. The Hall–Kier alpha value is -3.79. The molecule has 1 fully saturated rings. The second-order valence-corrected chi connectivity index (χ2v) is 10.8. The average molecular weight is 515 g/mol. The van der Waals surface area contributed by atoms with Crippen molar-refractivity contribution < 1.29 is 31.1 Å². The van der Waals surface area contributed by atoms with Crippen molar-refractivity contribution in [1.29, 1.82) is 0 Å². The molecule has 6 nitrogen and oxygen atoms in total. The lowest BCUT2D eigenvalue weighted by Gasteiger charge is -2.12. The summed E-state index contributed by atoms with van der Waals surface area (Å²) >= 11 is 0. The summed E-state index contributed by atoms with van der Waals surface area (Å²) in [5, 5.41) is 3.51. The minimum absolute atomic E-state index is 0.00713. The van der Waals surface area contributed by atoms with Gasteiger partial charge in [0.05, 0.1) is 17.0 Å². The number of amides is 1. The third-order valence-electron chi connectivity index (χ3n) is 6.11. The number of carbonyl (C=O) groups excluding carboxylic acids is 1. The maximum atomic E-state index is 13.6. The molecule has 0 bridgehead atoms. The van der Waals surface area contributed by atoms with Crippen molar-refractivity contribution in [2.24, 2.45) is 0 Å². The smallest absolute Gasteiger partial charge is 0.387 e. The van der Waals surface area contributed by atoms with E-state index < -0.39 is 34.2 Å². The zero-order valence-electron chi connectivity index (χ0n) is 18.8. The summed E-state index contributed by atoms with van der Waals surface area (Å²) in [6.45, 7) is -2.96. The van der Waals surface area contributed by atoms with Crippen LogP contribution in [0.15, 0.2) is 72.9 Å². The third kappa shape index (κ3) is 4.94. The number of nitrogens with one attached hydrogen (secondary N) is 1. The predicted octanol–water partition coefficient (Wildman–Crippen LogP) is 4.95. The monoisotopic (exact) mass is 514 g/mol. The van der Waals surface area contributed by atoms with E-state index in [9.17, 15) is 26.4 Å². The zero-order valence-corrected chi connectivity index (χ0v) is 19.6. The standard InChI is InChI=1S/C26H21F3N2O4S/c27-18-5-7-20(8-6-18)31-14-23(16-2-1-3-21(12-16)35-26(28)29)22-9-4-17(13-24(22)31)25(32)30-19-10-11-36(33,34)15-19/h1-9,12-14,19,26H,10-11,15H2,(H,30,32). The molecule has 0 saturated carbocycles. The van der Waals surface area contributed by atoms with Crippen molar-refractivity contribution in [3.63, 3.8) is 0 Å². The van der Waals surface area contributed by atoms with Crippen LogP contribution in [0.1, 0.15) is 16.8 Å². The number of sulfone groups is 1. The van der Waals surface area contributed by atoms with Crippen molar-refractivity contribution in [2.75, 3.05) is 11.5 Å². The molecule has 1 aliphatic rings. The molecule has 2 heterocycles. The first-order valence-corrected chi connectivity index (χ1v) is 13.0.